The highest BCUT2D eigenvalue weighted by molar-refractivity contribution is 5.85. The standard InChI is InChI=1S/C10H11F3N2.ClH/c11-10(12,13)7-2-1-5-15-9(7)8(14)6-3-4-6;/h1-2,5-6,8H,3-4,14H2;1H. The molecule has 2 N–H and O–H groups in total. The number of aromatic nitrogens is 1. The van der Waals surface area contributed by atoms with Crippen LogP contribution in [0.4, 0.5) is 13.2 Å². The number of rotatable bonds is 2. The van der Waals surface area contributed by atoms with Crippen molar-refractivity contribution in [3.05, 3.63) is 29.6 Å². The second-order valence-electron chi connectivity index (χ2n) is 3.80. The van der Waals surface area contributed by atoms with E-state index >= 15 is 0 Å². The third kappa shape index (κ3) is 2.65. The second kappa shape index (κ2) is 4.59. The van der Waals surface area contributed by atoms with Crippen LogP contribution in [0.25, 0.3) is 0 Å². The quantitative estimate of drug-likeness (QED) is 0.879. The van der Waals surface area contributed by atoms with Crippen molar-refractivity contribution in [1.82, 2.24) is 4.98 Å². The van der Waals surface area contributed by atoms with E-state index in [1.165, 1.54) is 12.3 Å². The van der Waals surface area contributed by atoms with Gasteiger partial charge < -0.3 is 5.73 Å². The highest BCUT2D eigenvalue weighted by Gasteiger charge is 2.39. The molecule has 2 rings (SSSR count). The van der Waals surface area contributed by atoms with Crippen LogP contribution in [0.1, 0.15) is 30.1 Å². The Morgan fingerprint density at radius 3 is 2.50 bits per heavy atom. The minimum atomic E-state index is -4.36. The fourth-order valence-electron chi connectivity index (χ4n) is 1.60. The Kier molecular flexibility index (Phi) is 3.80. The van der Waals surface area contributed by atoms with Crippen molar-refractivity contribution in [2.45, 2.75) is 25.1 Å². The summed E-state index contributed by atoms with van der Waals surface area (Å²) in [5.41, 5.74) is 5.01. The smallest absolute Gasteiger partial charge is 0.322 e. The van der Waals surface area contributed by atoms with Gasteiger partial charge in [-0.1, -0.05) is 0 Å². The van der Waals surface area contributed by atoms with Gasteiger partial charge in [0.2, 0.25) is 0 Å². The molecule has 0 aliphatic heterocycles. The fraction of sp³-hybridized carbons (Fsp3) is 0.500. The number of pyridine rings is 1. The van der Waals surface area contributed by atoms with E-state index in [4.69, 9.17) is 5.73 Å². The molecule has 1 aromatic heterocycles. The van der Waals surface area contributed by atoms with Crippen molar-refractivity contribution in [1.29, 1.82) is 0 Å². The van der Waals surface area contributed by atoms with Crippen LogP contribution in [0.2, 0.25) is 0 Å². The molecular weight excluding hydrogens is 241 g/mol. The molecule has 90 valence electrons. The lowest BCUT2D eigenvalue weighted by Gasteiger charge is -2.16. The lowest BCUT2D eigenvalue weighted by atomic mass is 10.0. The monoisotopic (exact) mass is 252 g/mol. The summed E-state index contributed by atoms with van der Waals surface area (Å²) < 4.78 is 37.8. The molecule has 0 radical (unpaired) electrons. The SMILES string of the molecule is Cl.NC(c1ncccc1C(F)(F)F)C1CC1. The third-order valence-corrected chi connectivity index (χ3v) is 2.59. The Morgan fingerprint density at radius 1 is 1.38 bits per heavy atom. The zero-order valence-corrected chi connectivity index (χ0v) is 9.18. The van der Waals surface area contributed by atoms with Gasteiger partial charge in [0, 0.05) is 6.20 Å². The Morgan fingerprint density at radius 2 is 2.00 bits per heavy atom. The zero-order valence-electron chi connectivity index (χ0n) is 8.37. The van der Waals surface area contributed by atoms with Gasteiger partial charge in [-0.3, -0.25) is 4.98 Å². The summed E-state index contributed by atoms with van der Waals surface area (Å²) in [6, 6.07) is 1.74. The predicted molar refractivity (Wildman–Crippen MR) is 56.1 cm³/mol. The summed E-state index contributed by atoms with van der Waals surface area (Å²) in [4.78, 5) is 3.76. The summed E-state index contributed by atoms with van der Waals surface area (Å²) in [6.45, 7) is 0. The van der Waals surface area contributed by atoms with Crippen molar-refractivity contribution < 1.29 is 13.2 Å². The fourth-order valence-corrected chi connectivity index (χ4v) is 1.60. The molecule has 1 aliphatic rings. The van der Waals surface area contributed by atoms with Crippen molar-refractivity contribution >= 4 is 12.4 Å². The van der Waals surface area contributed by atoms with Gasteiger partial charge >= 0.3 is 6.18 Å². The molecule has 2 nitrogen and oxygen atoms in total. The average Bonchev–Trinajstić information content (AvgIpc) is 2.98. The molecule has 1 saturated carbocycles. The minimum Gasteiger partial charge on any atom is -0.322 e. The summed E-state index contributed by atoms with van der Waals surface area (Å²) in [7, 11) is 0. The maximum Gasteiger partial charge on any atom is 0.418 e. The molecule has 1 heterocycles. The van der Waals surface area contributed by atoms with Crippen LogP contribution >= 0.6 is 12.4 Å². The highest BCUT2D eigenvalue weighted by atomic mass is 35.5. The molecule has 0 aromatic carbocycles. The van der Waals surface area contributed by atoms with Gasteiger partial charge in [0.25, 0.3) is 0 Å². The van der Waals surface area contributed by atoms with Gasteiger partial charge in [0.1, 0.15) is 0 Å². The van der Waals surface area contributed by atoms with Crippen LogP contribution in [-0.2, 0) is 6.18 Å². The van der Waals surface area contributed by atoms with E-state index in [0.717, 1.165) is 18.9 Å². The maximum atomic E-state index is 12.6. The van der Waals surface area contributed by atoms with Crippen LogP contribution < -0.4 is 5.73 Å². The van der Waals surface area contributed by atoms with Crippen molar-refractivity contribution in [3.8, 4) is 0 Å². The molecule has 1 unspecified atom stereocenters. The summed E-state index contributed by atoms with van der Waals surface area (Å²) in [5.74, 6) is 0.168. The normalized spacial score (nSPS) is 17.8. The van der Waals surface area contributed by atoms with E-state index in [9.17, 15) is 13.2 Å². The van der Waals surface area contributed by atoms with Gasteiger partial charge in [-0.2, -0.15) is 13.2 Å². The summed E-state index contributed by atoms with van der Waals surface area (Å²) >= 11 is 0. The van der Waals surface area contributed by atoms with Gasteiger partial charge in [0.05, 0.1) is 17.3 Å². The van der Waals surface area contributed by atoms with E-state index in [0.29, 0.717) is 0 Å². The molecule has 1 aromatic rings. The number of hydrogen-bond donors (Lipinski definition) is 1. The van der Waals surface area contributed by atoms with Gasteiger partial charge in [-0.15, -0.1) is 12.4 Å². The Hall–Kier alpha value is -0.810. The van der Waals surface area contributed by atoms with Gasteiger partial charge in [0.15, 0.2) is 0 Å². The topological polar surface area (TPSA) is 38.9 Å². The number of alkyl halides is 3. The maximum absolute atomic E-state index is 12.6. The lowest BCUT2D eigenvalue weighted by molar-refractivity contribution is -0.138. The van der Waals surface area contributed by atoms with Crippen LogP contribution in [0, 0.1) is 5.92 Å². The van der Waals surface area contributed by atoms with Crippen LogP contribution in [0.3, 0.4) is 0 Å². The molecule has 1 fully saturated rings. The molecule has 0 saturated heterocycles. The van der Waals surface area contributed by atoms with Crippen LogP contribution in [0.15, 0.2) is 18.3 Å². The van der Waals surface area contributed by atoms with Crippen molar-refractivity contribution in [2.24, 2.45) is 11.7 Å². The van der Waals surface area contributed by atoms with Gasteiger partial charge in [-0.05, 0) is 30.9 Å². The zero-order chi connectivity index (χ0) is 11.1. The summed E-state index contributed by atoms with van der Waals surface area (Å²) in [6.07, 6.45) is -1.22. The van der Waals surface area contributed by atoms with Gasteiger partial charge in [-0.25, -0.2) is 0 Å². The average molecular weight is 253 g/mol. The highest BCUT2D eigenvalue weighted by Crippen LogP contribution is 2.42. The number of nitrogens with zero attached hydrogens (tertiary/aromatic N) is 1. The Labute approximate surface area is 97.5 Å². The second-order valence-corrected chi connectivity index (χ2v) is 3.80. The van der Waals surface area contributed by atoms with E-state index in [2.05, 4.69) is 4.98 Å². The van der Waals surface area contributed by atoms with Crippen LogP contribution in [0.5, 0.6) is 0 Å². The first-order valence-electron chi connectivity index (χ1n) is 4.78. The first-order chi connectivity index (χ1) is 7.00. The van der Waals surface area contributed by atoms with E-state index in [1.807, 2.05) is 0 Å². The number of nitrogens with two attached hydrogens (primary N) is 1. The first-order valence-corrected chi connectivity index (χ1v) is 4.78. The predicted octanol–water partition coefficient (Wildman–Crippen LogP) is 2.93. The Balaban J connectivity index is 0.00000128. The molecule has 0 amide bonds. The van der Waals surface area contributed by atoms with Crippen LogP contribution in [-0.4, -0.2) is 4.98 Å². The molecule has 0 spiro atoms. The minimum absolute atomic E-state index is 0. The van der Waals surface area contributed by atoms with E-state index in [1.54, 1.807) is 0 Å². The largest absolute Gasteiger partial charge is 0.418 e. The molecule has 6 heteroatoms. The molecule has 1 atom stereocenters. The number of halogens is 4. The molecule has 0 bridgehead atoms. The molecule has 16 heavy (non-hydrogen) atoms. The first kappa shape index (κ1) is 13.3. The lowest BCUT2D eigenvalue weighted by Crippen LogP contribution is -2.20. The molecule has 1 aliphatic carbocycles. The van der Waals surface area contributed by atoms with Crippen molar-refractivity contribution in [2.75, 3.05) is 0 Å². The molecular formula is C10H12ClF3N2. The Bertz CT molecular complexity index is 363. The van der Waals surface area contributed by atoms with E-state index < -0.39 is 17.8 Å². The summed E-state index contributed by atoms with van der Waals surface area (Å²) in [5, 5.41) is 0. The van der Waals surface area contributed by atoms with E-state index in [-0.39, 0.29) is 24.0 Å². The third-order valence-electron chi connectivity index (χ3n) is 2.59. The van der Waals surface area contributed by atoms with Crippen molar-refractivity contribution in [3.63, 3.8) is 0 Å². The number of hydrogen-bond acceptors (Lipinski definition) is 2.